The van der Waals surface area contributed by atoms with Gasteiger partial charge in [0.1, 0.15) is 0 Å². The number of hydrogen-bond donors (Lipinski definition) is 2. The minimum atomic E-state index is -0.380. The zero-order valence-corrected chi connectivity index (χ0v) is 16.2. The van der Waals surface area contributed by atoms with Gasteiger partial charge in [-0.05, 0) is 51.5 Å². The third-order valence-corrected chi connectivity index (χ3v) is 5.36. The first-order chi connectivity index (χ1) is 12.6. The van der Waals surface area contributed by atoms with E-state index in [4.69, 9.17) is 9.84 Å². The zero-order valence-electron chi connectivity index (χ0n) is 16.2. The molecule has 0 bridgehead atoms. The Labute approximate surface area is 155 Å². The topological polar surface area (TPSA) is 77.4 Å². The number of rotatable bonds is 8. The summed E-state index contributed by atoms with van der Waals surface area (Å²) in [6.45, 7) is 7.46. The normalized spacial score (nSPS) is 19.3. The molecule has 1 aromatic heterocycles. The van der Waals surface area contributed by atoms with Crippen LogP contribution in [0.25, 0.3) is 0 Å². The van der Waals surface area contributed by atoms with Crippen molar-refractivity contribution < 1.29 is 14.3 Å². The third kappa shape index (κ3) is 4.76. The van der Waals surface area contributed by atoms with Gasteiger partial charge in [0.05, 0.1) is 12.8 Å². The molecule has 1 atom stereocenters. The lowest BCUT2D eigenvalue weighted by molar-refractivity contribution is 0.0833. The molecule has 1 saturated carbocycles. The summed E-state index contributed by atoms with van der Waals surface area (Å²) in [7, 11) is 1.38. The SMILES string of the molecule is COC(=O)NCCCn1nc([C@@H](C)NC2CC2)c(C)c1C1CCOCC1. The van der Waals surface area contributed by atoms with Crippen molar-refractivity contribution in [2.75, 3.05) is 26.9 Å². The molecule has 2 fully saturated rings. The maximum absolute atomic E-state index is 11.2. The molecule has 1 aromatic rings. The fourth-order valence-corrected chi connectivity index (χ4v) is 3.83. The predicted molar refractivity (Wildman–Crippen MR) is 99.4 cm³/mol. The average Bonchev–Trinajstić information content (AvgIpc) is 3.40. The number of carbonyl (C=O) groups excluding carboxylic acids is 1. The lowest BCUT2D eigenvalue weighted by Gasteiger charge is -2.24. The Morgan fingerprint density at radius 3 is 2.73 bits per heavy atom. The van der Waals surface area contributed by atoms with Crippen LogP contribution >= 0.6 is 0 Å². The van der Waals surface area contributed by atoms with Crippen LogP contribution in [0.5, 0.6) is 0 Å². The molecule has 0 aromatic carbocycles. The lowest BCUT2D eigenvalue weighted by atomic mass is 9.92. The highest BCUT2D eigenvalue weighted by Gasteiger charge is 2.29. The summed E-state index contributed by atoms with van der Waals surface area (Å²) >= 11 is 0. The van der Waals surface area contributed by atoms with E-state index in [0.29, 0.717) is 18.5 Å². The Hall–Kier alpha value is -1.60. The molecule has 0 spiro atoms. The lowest BCUT2D eigenvalue weighted by Crippen LogP contribution is -2.25. The summed E-state index contributed by atoms with van der Waals surface area (Å²) in [5.41, 5.74) is 3.84. The number of hydrogen-bond acceptors (Lipinski definition) is 5. The van der Waals surface area contributed by atoms with Gasteiger partial charge >= 0.3 is 6.09 Å². The Kier molecular flexibility index (Phi) is 6.53. The molecule has 1 aliphatic heterocycles. The van der Waals surface area contributed by atoms with E-state index in [2.05, 4.69) is 33.9 Å². The van der Waals surface area contributed by atoms with Crippen molar-refractivity contribution in [2.45, 2.75) is 70.5 Å². The number of ether oxygens (including phenoxy) is 2. The summed E-state index contributed by atoms with van der Waals surface area (Å²) < 4.78 is 12.3. The van der Waals surface area contributed by atoms with Crippen molar-refractivity contribution in [2.24, 2.45) is 0 Å². The first-order valence-electron chi connectivity index (χ1n) is 9.83. The van der Waals surface area contributed by atoms with E-state index in [1.165, 1.54) is 36.9 Å². The van der Waals surface area contributed by atoms with Crippen LogP contribution in [-0.4, -0.2) is 48.8 Å². The molecule has 7 nitrogen and oxygen atoms in total. The molecule has 1 amide bonds. The zero-order chi connectivity index (χ0) is 18.5. The number of aromatic nitrogens is 2. The number of nitrogens with zero attached hydrogens (tertiary/aromatic N) is 2. The number of carbonyl (C=O) groups is 1. The van der Waals surface area contributed by atoms with Crippen molar-refractivity contribution in [3.8, 4) is 0 Å². The van der Waals surface area contributed by atoms with Crippen LogP contribution in [0, 0.1) is 6.92 Å². The largest absolute Gasteiger partial charge is 0.453 e. The smallest absolute Gasteiger partial charge is 0.406 e. The fourth-order valence-electron chi connectivity index (χ4n) is 3.83. The van der Waals surface area contributed by atoms with Gasteiger partial charge in [-0.2, -0.15) is 5.10 Å². The highest BCUT2D eigenvalue weighted by atomic mass is 16.5. The molecule has 7 heteroatoms. The summed E-state index contributed by atoms with van der Waals surface area (Å²) in [4.78, 5) is 11.2. The number of aryl methyl sites for hydroxylation is 1. The first-order valence-corrected chi connectivity index (χ1v) is 9.83. The first kappa shape index (κ1) is 19.2. The van der Waals surface area contributed by atoms with Crippen LogP contribution in [0.2, 0.25) is 0 Å². The van der Waals surface area contributed by atoms with E-state index in [1.54, 1.807) is 0 Å². The van der Waals surface area contributed by atoms with Gasteiger partial charge in [-0.25, -0.2) is 4.79 Å². The number of alkyl carbamates (subject to hydrolysis) is 1. The van der Waals surface area contributed by atoms with Crippen LogP contribution in [0.4, 0.5) is 4.79 Å². The molecule has 3 rings (SSSR count). The van der Waals surface area contributed by atoms with Gasteiger partial charge < -0.3 is 20.1 Å². The van der Waals surface area contributed by atoms with E-state index in [0.717, 1.165) is 39.0 Å². The van der Waals surface area contributed by atoms with Gasteiger partial charge in [-0.15, -0.1) is 0 Å². The summed E-state index contributed by atoms with van der Waals surface area (Å²) in [5, 5.41) is 11.4. The van der Waals surface area contributed by atoms with Crippen molar-refractivity contribution >= 4 is 6.09 Å². The fraction of sp³-hybridized carbons (Fsp3) is 0.789. The summed E-state index contributed by atoms with van der Waals surface area (Å²) in [6, 6.07) is 0.931. The summed E-state index contributed by atoms with van der Waals surface area (Å²) in [5.74, 6) is 0.506. The quantitative estimate of drug-likeness (QED) is 0.694. The molecule has 2 N–H and O–H groups in total. The minimum Gasteiger partial charge on any atom is -0.453 e. The molecule has 2 heterocycles. The highest BCUT2D eigenvalue weighted by Crippen LogP contribution is 2.33. The molecule has 2 aliphatic rings. The maximum atomic E-state index is 11.2. The van der Waals surface area contributed by atoms with E-state index in [9.17, 15) is 4.79 Å². The number of amides is 1. The third-order valence-electron chi connectivity index (χ3n) is 5.36. The van der Waals surface area contributed by atoms with E-state index in [1.807, 2.05) is 0 Å². The van der Waals surface area contributed by atoms with Gasteiger partial charge in [0.15, 0.2) is 0 Å². The molecule has 1 aliphatic carbocycles. The van der Waals surface area contributed by atoms with E-state index in [-0.39, 0.29) is 12.1 Å². The second kappa shape index (κ2) is 8.86. The molecule has 0 unspecified atom stereocenters. The van der Waals surface area contributed by atoms with Crippen molar-refractivity contribution in [3.63, 3.8) is 0 Å². The van der Waals surface area contributed by atoms with Crippen LogP contribution in [-0.2, 0) is 16.0 Å². The van der Waals surface area contributed by atoms with Crippen LogP contribution in [0.15, 0.2) is 0 Å². The second-order valence-corrected chi connectivity index (χ2v) is 7.44. The number of methoxy groups -OCH3 is 1. The predicted octanol–water partition coefficient (Wildman–Crippen LogP) is 2.64. The van der Waals surface area contributed by atoms with Crippen molar-refractivity contribution in [3.05, 3.63) is 17.0 Å². The maximum Gasteiger partial charge on any atom is 0.406 e. The second-order valence-electron chi connectivity index (χ2n) is 7.44. The van der Waals surface area contributed by atoms with Gasteiger partial charge in [0.2, 0.25) is 0 Å². The van der Waals surface area contributed by atoms with E-state index < -0.39 is 0 Å². The molecule has 26 heavy (non-hydrogen) atoms. The molecule has 1 saturated heterocycles. The average molecular weight is 364 g/mol. The summed E-state index contributed by atoms with van der Waals surface area (Å²) in [6.07, 6.45) is 5.10. The van der Waals surface area contributed by atoms with E-state index >= 15 is 0 Å². The Bertz CT molecular complexity index is 606. The standard InChI is InChI=1S/C19H32N4O3/c1-13-17(14(2)21-16-5-6-16)22-23(10-4-9-20-19(24)25-3)18(13)15-7-11-26-12-8-15/h14-16,21H,4-12H2,1-3H3,(H,20,24)/t14-/m1/s1. The van der Waals surface area contributed by atoms with Crippen LogP contribution in [0.3, 0.4) is 0 Å². The molecule has 146 valence electrons. The monoisotopic (exact) mass is 364 g/mol. The Morgan fingerprint density at radius 2 is 2.08 bits per heavy atom. The van der Waals surface area contributed by atoms with Gasteiger partial charge in [-0.3, -0.25) is 4.68 Å². The van der Waals surface area contributed by atoms with Crippen molar-refractivity contribution in [1.29, 1.82) is 0 Å². The van der Waals surface area contributed by atoms with Crippen LogP contribution < -0.4 is 10.6 Å². The molecule has 0 radical (unpaired) electrons. The Balaban J connectivity index is 1.72. The van der Waals surface area contributed by atoms with Gasteiger partial charge in [0, 0.05) is 50.0 Å². The van der Waals surface area contributed by atoms with Crippen LogP contribution in [0.1, 0.15) is 67.9 Å². The molecular formula is C19H32N4O3. The highest BCUT2D eigenvalue weighted by molar-refractivity contribution is 5.66. The van der Waals surface area contributed by atoms with Crippen molar-refractivity contribution in [1.82, 2.24) is 20.4 Å². The Morgan fingerprint density at radius 1 is 1.35 bits per heavy atom. The minimum absolute atomic E-state index is 0.274. The van der Waals surface area contributed by atoms with Gasteiger partial charge in [0.25, 0.3) is 0 Å². The van der Waals surface area contributed by atoms with Gasteiger partial charge in [-0.1, -0.05) is 0 Å². The number of nitrogens with one attached hydrogen (secondary N) is 2. The molecular weight excluding hydrogens is 332 g/mol.